The van der Waals surface area contributed by atoms with E-state index in [4.69, 9.17) is 120 Å². The summed E-state index contributed by atoms with van der Waals surface area (Å²) in [4.78, 5) is 90.9. The van der Waals surface area contributed by atoms with E-state index in [2.05, 4.69) is 150 Å². The summed E-state index contributed by atoms with van der Waals surface area (Å²) in [6.45, 7) is 22.3. The Labute approximate surface area is 837 Å². The average Bonchev–Trinajstić information content (AvgIpc) is 1.58. The Morgan fingerprint density at radius 1 is 0.543 bits per heavy atom. The summed E-state index contributed by atoms with van der Waals surface area (Å²) in [6.07, 6.45) is 34.3. The number of aromatic nitrogens is 6. The predicted molar refractivity (Wildman–Crippen MR) is 533 cm³/mol. The van der Waals surface area contributed by atoms with Gasteiger partial charge < -0.3 is 90.7 Å². The van der Waals surface area contributed by atoms with Gasteiger partial charge in [0.05, 0.1) is 138 Å². The first-order chi connectivity index (χ1) is 70.2. The lowest BCUT2D eigenvalue weighted by atomic mass is 9.95. The number of aromatic amines is 3. The first-order valence-corrected chi connectivity index (χ1v) is 51.6. The standard InChI is InChI=1S/C22H34N3O5P.C21H26N3O5P.C20H29N4O5P.C17H20N2O5.C15H22NO2P.3CH4O/c1-7-10-27-21-12-18(14-24-22(21)26)20-13-19(17(6)29-20)30-31(28-11-8-9-23)25(15(2)3)16(4)5;1-4-5-6-7-8-9-11-17-15-24(21(26)23-20(17)25)19-14-18(16(2)28-19)29-30(3)27-13-10-12-22;1-7-16-12-23(20(26)22-19(16)25)18-11-17(15(6)28-18)29-30(27-10-8-9-21)24(13(2)3)14(4)5;1-2-3-4-5-6-7-8-12-10-19(17(23)18-16(12)22)15-9-13(21)14(11-20)24-15;1-19(17-11-6-10-16)18-12-9-15-13-7-4-2-3-5-8-14(13)15;3*1-2/h1,12,15-20H,8,10-11,13-14H2,2-6H3,(H,24,26);1,15-16,18-19H,5-8,10,13-14H2,2-3H3,(H,23,25,26);1,12-15,17-18H,8,10-11H2,2-6H3,(H,22,25,26);1,10,13-15,20-21H,3-6,9,11H2,(H,18,22,23);13-15H,4-9,11-12H2,1H3;3*2H,1H3/t17-,18?,19?,20-,31?;16-,18?,19-,30?;15-,17?,18-,30?;13?,14-,15-;13-,14+,15?,19?;;;/m1111..../s1/i6D;2D;6D;;;3*2T. The van der Waals surface area contributed by atoms with Crippen LogP contribution in [0.15, 0.2) is 59.2 Å². The number of hydrogen-bond acceptors (Lipinski definition) is 31. The third kappa shape index (κ3) is 43.2. The molecule has 1 saturated carbocycles. The van der Waals surface area contributed by atoms with Crippen LogP contribution in [-0.4, -0.2) is 240 Å². The van der Waals surface area contributed by atoms with Crippen LogP contribution < -0.4 is 39.1 Å². The monoisotopic (exact) mass is 2030 g/mol. The first-order valence-electron chi connectivity index (χ1n) is 49.5. The molecule has 3 aromatic rings. The van der Waals surface area contributed by atoms with E-state index >= 15 is 0 Å². The molecule has 10 unspecified atom stereocenters. The molecule has 20 atom stereocenters. The molecule has 42 heteroatoms. The largest absolute Gasteiger partial charge is 0.476 e. The van der Waals surface area contributed by atoms with E-state index in [-0.39, 0.29) is 156 Å². The zero-order valence-electron chi connectivity index (χ0n) is 88.4. The van der Waals surface area contributed by atoms with E-state index in [1.807, 2.05) is 40.4 Å². The molecule has 2 aliphatic carbocycles. The van der Waals surface area contributed by atoms with Gasteiger partial charge in [0.1, 0.15) is 48.1 Å². The minimum atomic E-state index is -1.53. The van der Waals surface area contributed by atoms with Crippen LogP contribution in [0.4, 0.5) is 0 Å². The highest BCUT2D eigenvalue weighted by Gasteiger charge is 2.49. The Morgan fingerprint density at radius 2 is 0.943 bits per heavy atom. The predicted octanol–water partition coefficient (Wildman–Crippen LogP) is 10.5. The van der Waals surface area contributed by atoms with E-state index in [0.29, 0.717) is 58.1 Å². The number of hydrogen-bond donors (Lipinski definition) is 9. The maximum absolute atomic E-state index is 12.3. The van der Waals surface area contributed by atoms with E-state index in [9.17, 15) is 38.7 Å². The lowest BCUT2D eigenvalue weighted by molar-refractivity contribution is -0.121. The highest BCUT2D eigenvalue weighted by Crippen LogP contribution is 2.55. The number of fused-ring (bicyclic) bond motifs is 1. The topological polar surface area (TPSA) is 516 Å². The molecule has 5 aliphatic heterocycles. The Kier molecular flexibility index (Phi) is 57.7. The van der Waals surface area contributed by atoms with E-state index in [1.165, 1.54) is 66.5 Å². The normalized spacial score (nSPS) is 24.0. The fourth-order valence-electron chi connectivity index (χ4n) is 15.1. The second-order valence-corrected chi connectivity index (χ2v) is 38.4. The number of unbranched alkanes of at least 4 members (excludes halogenated alkanes) is 6. The summed E-state index contributed by atoms with van der Waals surface area (Å²) in [6, 6.07) is 8.84. The molecule has 0 spiro atoms. The summed E-state index contributed by atoms with van der Waals surface area (Å²) < 4.78 is 124. The van der Waals surface area contributed by atoms with Gasteiger partial charge in [0.25, 0.3) is 39.6 Å². The molecule has 38 nitrogen and oxygen atoms in total. The average molecular weight is 2040 g/mol. The van der Waals surface area contributed by atoms with Crippen LogP contribution in [0.2, 0.25) is 0 Å². The minimum absolute atomic E-state index is 0.0165. The highest BCUT2D eigenvalue weighted by molar-refractivity contribution is 7.46. The molecule has 1 amide bonds. The number of carbonyl (C=O) groups is 1. The first kappa shape index (κ1) is 114. The number of terminal acetylenes is 4. The van der Waals surface area contributed by atoms with Crippen molar-refractivity contribution in [2.45, 2.75) is 309 Å². The molecule has 4 saturated heterocycles. The number of nitriles is 4. The van der Waals surface area contributed by atoms with Crippen molar-refractivity contribution in [1.82, 2.24) is 43.3 Å². The number of nitrogens with zero attached hydrogens (tertiary/aromatic N) is 9. The number of carbonyl (C=O) groups excluding carboxylic acids is 1. The van der Waals surface area contributed by atoms with Crippen LogP contribution in [0.3, 0.4) is 0 Å². The van der Waals surface area contributed by atoms with Crippen LogP contribution in [0.1, 0.15) is 250 Å². The molecule has 9 N–H and O–H groups in total. The lowest BCUT2D eigenvalue weighted by Crippen LogP contribution is -2.40. The van der Waals surface area contributed by atoms with Crippen molar-refractivity contribution >= 4 is 39.7 Å². The minimum Gasteiger partial charge on any atom is -0.476 e. The smallest absolute Gasteiger partial charge is 0.330 e. The second-order valence-electron chi connectivity index (χ2n) is 32.8. The molecule has 0 aromatic carbocycles. The lowest BCUT2D eigenvalue weighted by Gasteiger charge is -2.37. The number of H-pyrrole nitrogens is 3. The number of amides is 1. The number of nitrogens with one attached hydrogen (secondary N) is 4. The molecule has 0 radical (unpaired) electrons. The number of aliphatic hydroxyl groups is 5. The molecule has 10 rings (SSSR count). The molecule has 0 bridgehead atoms. The summed E-state index contributed by atoms with van der Waals surface area (Å²) in [5, 5.41) is 67.0. The van der Waals surface area contributed by atoms with Gasteiger partial charge in [-0.3, -0.25) is 47.8 Å². The molecular weight excluding hydrogens is 1880 g/mol. The van der Waals surface area contributed by atoms with E-state index in [1.54, 1.807) is 12.7 Å². The SMILES string of the molecule is C#CCCCCC#Cc1cn([C@H]2CC(O)[C@@H](CO)O2)c(=O)[nH]c1=O.CP(OCCC#N)OCCC1[C@H]2CCC#CCC[C@@H]12.[2H]C[C@H]1O[C@@H](C2C=C(OCC#C)C(=O)NC2)CC1OP(OCCC#N)N(C(C)C)C(C)C.[2H]C[C@H]1O[C@@H](n2cc(C#C)c(=O)[nH]c2=O)CC1OP(OCCC#N)N(C(C)C)C(C)C.[2H]C[C@H]1O[C@@H](n2cc(C#CCCCCC#C)c(=O)[nH]c2=O)CC1OP(C)OCCC#N.[3H]OC.[3H]OC.[3H]OC. The van der Waals surface area contributed by atoms with Crippen molar-refractivity contribution in [2.75, 3.05) is 87.5 Å². The summed E-state index contributed by atoms with van der Waals surface area (Å²) >= 11 is 0. The van der Waals surface area contributed by atoms with Crippen molar-refractivity contribution < 1.29 is 94.3 Å². The van der Waals surface area contributed by atoms with Crippen LogP contribution in [-0.2, 0) is 64.7 Å². The van der Waals surface area contributed by atoms with Crippen LogP contribution in [0.5, 0.6) is 0 Å². The molecule has 770 valence electrons. The molecule has 140 heavy (non-hydrogen) atoms. The molecule has 8 heterocycles. The Morgan fingerprint density at radius 3 is 1.36 bits per heavy atom. The second kappa shape index (κ2) is 70.5. The highest BCUT2D eigenvalue weighted by atomic mass is 31.2. The number of aliphatic hydroxyl groups excluding tert-OH is 5. The maximum atomic E-state index is 12.3. The number of ether oxygens (including phenoxy) is 5. The van der Waals surface area contributed by atoms with E-state index < -0.39 is 129 Å². The fourth-order valence-corrected chi connectivity index (χ4v) is 20.4. The van der Waals surface area contributed by atoms with Gasteiger partial charge in [-0.25, -0.2) is 23.7 Å². The van der Waals surface area contributed by atoms with Crippen molar-refractivity contribution in [2.24, 2.45) is 23.7 Å². The Hall–Kier alpha value is -9.11. The van der Waals surface area contributed by atoms with E-state index in [0.717, 1.165) is 69.3 Å². The summed E-state index contributed by atoms with van der Waals surface area (Å²) in [7, 11) is -1.14. The summed E-state index contributed by atoms with van der Waals surface area (Å²) in [5.74, 6) is 30.0. The van der Waals surface area contributed by atoms with Crippen LogP contribution >= 0.6 is 33.8 Å². The van der Waals surface area contributed by atoms with Gasteiger partial charge in [-0.2, -0.15) is 21.0 Å². The zero-order valence-corrected chi connectivity index (χ0v) is 86.0. The van der Waals surface area contributed by atoms with Crippen molar-refractivity contribution in [3.05, 3.63) is 110 Å². The van der Waals surface area contributed by atoms with Crippen LogP contribution in [0, 0.1) is 154 Å². The van der Waals surface area contributed by atoms with Gasteiger partial charge in [-0.05, 0) is 145 Å². The van der Waals surface area contributed by atoms with Gasteiger partial charge in [-0.1, -0.05) is 35.5 Å². The maximum Gasteiger partial charge on any atom is 0.330 e. The van der Waals surface area contributed by atoms with Gasteiger partial charge in [0.2, 0.25) is 4.29 Å². The third-order valence-electron chi connectivity index (χ3n) is 21.6. The third-order valence-corrected chi connectivity index (χ3v) is 28.1. The molecule has 3 aromatic heterocycles. The van der Waals surface area contributed by atoms with Gasteiger partial charge >= 0.3 is 17.1 Å². The zero-order chi connectivity index (χ0) is 109. The Bertz CT molecular complexity index is 5320. The number of rotatable bonds is 41. The quantitative estimate of drug-likeness (QED) is 0.0145. The van der Waals surface area contributed by atoms with Crippen LogP contribution in [0.25, 0.3) is 0 Å². The Balaban J connectivity index is 0.000000463. The van der Waals surface area contributed by atoms with Gasteiger partial charge in [-0.15, -0.1) is 49.4 Å². The summed E-state index contributed by atoms with van der Waals surface area (Å²) in [5.41, 5.74) is -3.31. The molecule has 5 fully saturated rings. The molecule has 7 aliphatic rings. The molecular formula is C98H143N13O25P4. The van der Waals surface area contributed by atoms with Crippen molar-refractivity contribution in [3.63, 3.8) is 0 Å². The van der Waals surface area contributed by atoms with Crippen molar-refractivity contribution in [1.29, 1.82) is 25.3 Å². The fraction of sp³-hybridized carbons (Fsp3) is 0.663. The van der Waals surface area contributed by atoms with Gasteiger partial charge in [0, 0.05) is 158 Å². The van der Waals surface area contributed by atoms with Gasteiger partial charge in [0.15, 0.2) is 22.5 Å². The van der Waals surface area contributed by atoms with Crippen molar-refractivity contribution in [3.8, 4) is 109 Å².